The van der Waals surface area contributed by atoms with Gasteiger partial charge in [-0.15, -0.1) is 0 Å². The standard InChI is InChI=1S/C17H18ClN3O3/c1-3-23-13-10-12(21-19)16(24-4-2)14(18)15(13)20-17(22)11-8-6-5-7-9-11/h5-9H,3-4,10H2,1-2H3,(H,20,22). The average molecular weight is 348 g/mol. The Morgan fingerprint density at radius 1 is 1.25 bits per heavy atom. The Morgan fingerprint density at radius 2 is 1.92 bits per heavy atom. The highest BCUT2D eigenvalue weighted by atomic mass is 35.5. The minimum absolute atomic E-state index is 0.142. The summed E-state index contributed by atoms with van der Waals surface area (Å²) in [6.07, 6.45) is 0.167. The number of rotatable bonds is 6. The molecule has 126 valence electrons. The van der Waals surface area contributed by atoms with Crippen molar-refractivity contribution < 1.29 is 19.1 Å². The third kappa shape index (κ3) is 3.85. The molecule has 0 unspecified atom stereocenters. The summed E-state index contributed by atoms with van der Waals surface area (Å²) in [5.41, 5.74) is 10.3. The smallest absolute Gasteiger partial charge is 0.342 e. The number of halogens is 1. The molecule has 0 radical (unpaired) electrons. The van der Waals surface area contributed by atoms with Crippen molar-refractivity contribution in [1.29, 1.82) is 0 Å². The Balaban J connectivity index is 2.41. The van der Waals surface area contributed by atoms with Crippen LogP contribution >= 0.6 is 11.6 Å². The van der Waals surface area contributed by atoms with Gasteiger partial charge in [-0.25, -0.2) is 0 Å². The van der Waals surface area contributed by atoms with Crippen LogP contribution in [-0.2, 0) is 9.47 Å². The van der Waals surface area contributed by atoms with E-state index in [4.69, 9.17) is 21.1 Å². The van der Waals surface area contributed by atoms with Crippen molar-refractivity contribution in [2.45, 2.75) is 20.3 Å². The second kappa shape index (κ2) is 8.34. The van der Waals surface area contributed by atoms with Crippen LogP contribution in [0.25, 0.3) is 5.53 Å². The largest absolute Gasteiger partial charge is 0.495 e. The number of amides is 1. The molecule has 1 aromatic rings. The van der Waals surface area contributed by atoms with Gasteiger partial charge >= 0.3 is 5.71 Å². The molecule has 2 rings (SSSR count). The highest BCUT2D eigenvalue weighted by Crippen LogP contribution is 2.31. The lowest BCUT2D eigenvalue weighted by molar-refractivity contribution is -0.0136. The fourth-order valence-corrected chi connectivity index (χ4v) is 2.57. The first-order chi connectivity index (χ1) is 11.6. The number of carbonyl (C=O) groups excluding carboxylic acids is 1. The Hall–Kier alpha value is -2.56. The Morgan fingerprint density at radius 3 is 2.50 bits per heavy atom. The molecule has 1 aliphatic rings. The van der Waals surface area contributed by atoms with Gasteiger partial charge in [-0.3, -0.25) is 4.79 Å². The maximum atomic E-state index is 12.4. The van der Waals surface area contributed by atoms with Gasteiger partial charge < -0.3 is 20.3 Å². The van der Waals surface area contributed by atoms with Gasteiger partial charge in [0, 0.05) is 5.56 Å². The first kappa shape index (κ1) is 17.8. The van der Waals surface area contributed by atoms with Crippen molar-refractivity contribution in [3.63, 3.8) is 0 Å². The van der Waals surface area contributed by atoms with Gasteiger partial charge in [0.1, 0.15) is 22.9 Å². The molecular formula is C17H18ClN3O3. The van der Waals surface area contributed by atoms with Gasteiger partial charge in [-0.2, -0.15) is 4.79 Å². The van der Waals surface area contributed by atoms with Crippen molar-refractivity contribution in [2.24, 2.45) is 0 Å². The van der Waals surface area contributed by atoms with Crippen LogP contribution in [0.5, 0.6) is 0 Å². The van der Waals surface area contributed by atoms with Gasteiger partial charge in [0.15, 0.2) is 0 Å². The van der Waals surface area contributed by atoms with Gasteiger partial charge in [-0.1, -0.05) is 29.8 Å². The monoisotopic (exact) mass is 347 g/mol. The maximum Gasteiger partial charge on any atom is 0.342 e. The summed E-state index contributed by atoms with van der Waals surface area (Å²) in [5, 5.41) is 2.90. The number of carbonyl (C=O) groups is 1. The summed E-state index contributed by atoms with van der Waals surface area (Å²) >= 11 is 6.37. The second-order valence-electron chi connectivity index (χ2n) is 4.85. The lowest BCUT2D eigenvalue weighted by Crippen LogP contribution is -2.29. The quantitative estimate of drug-likeness (QED) is 0.633. The molecule has 0 saturated carbocycles. The van der Waals surface area contributed by atoms with E-state index >= 15 is 0 Å². The van der Waals surface area contributed by atoms with E-state index in [0.717, 1.165) is 0 Å². The first-order valence-electron chi connectivity index (χ1n) is 7.58. The van der Waals surface area contributed by atoms with E-state index in [2.05, 4.69) is 10.1 Å². The third-order valence-electron chi connectivity index (χ3n) is 3.29. The summed E-state index contributed by atoms with van der Waals surface area (Å²) in [5.74, 6) is 0.331. The molecule has 1 aromatic carbocycles. The predicted octanol–water partition coefficient (Wildman–Crippen LogP) is 3.23. The molecule has 1 N–H and O–H groups in total. The first-order valence-corrected chi connectivity index (χ1v) is 7.96. The SMILES string of the molecule is CCOC1=C(NC(=O)c2ccccc2)C(Cl)=C(OCC)C(=[N+]=[N-])C1. The summed E-state index contributed by atoms with van der Waals surface area (Å²) in [6, 6.07) is 8.76. The number of ether oxygens (including phenoxy) is 2. The van der Waals surface area contributed by atoms with Crippen molar-refractivity contribution >= 4 is 23.2 Å². The molecule has 0 aliphatic heterocycles. The van der Waals surface area contributed by atoms with E-state index in [0.29, 0.717) is 30.2 Å². The van der Waals surface area contributed by atoms with Gasteiger partial charge in [-0.05, 0) is 26.0 Å². The molecule has 0 aromatic heterocycles. The van der Waals surface area contributed by atoms with Crippen LogP contribution in [0.15, 0.2) is 52.6 Å². The van der Waals surface area contributed by atoms with Crippen LogP contribution in [0.1, 0.15) is 30.6 Å². The lowest BCUT2D eigenvalue weighted by atomic mass is 10.0. The van der Waals surface area contributed by atoms with Gasteiger partial charge in [0.25, 0.3) is 5.91 Å². The molecule has 0 bridgehead atoms. The fraction of sp³-hybridized carbons (Fsp3) is 0.294. The summed E-state index contributed by atoms with van der Waals surface area (Å²) < 4.78 is 11.0. The number of hydrogen-bond acceptors (Lipinski definition) is 3. The van der Waals surface area contributed by atoms with E-state index in [1.807, 2.05) is 13.0 Å². The van der Waals surface area contributed by atoms with Crippen LogP contribution < -0.4 is 5.32 Å². The van der Waals surface area contributed by atoms with Gasteiger partial charge in [0.05, 0.1) is 13.2 Å². The molecule has 0 saturated heterocycles. The third-order valence-corrected chi connectivity index (χ3v) is 3.65. The number of benzene rings is 1. The highest BCUT2D eigenvalue weighted by Gasteiger charge is 2.34. The predicted molar refractivity (Wildman–Crippen MR) is 90.3 cm³/mol. The zero-order valence-electron chi connectivity index (χ0n) is 13.5. The maximum absolute atomic E-state index is 12.4. The minimum atomic E-state index is -0.318. The average Bonchev–Trinajstić information content (AvgIpc) is 2.61. The van der Waals surface area contributed by atoms with Crippen molar-refractivity contribution in [2.75, 3.05) is 13.2 Å². The van der Waals surface area contributed by atoms with Gasteiger partial charge in [0.2, 0.25) is 5.76 Å². The van der Waals surface area contributed by atoms with E-state index in [1.165, 1.54) is 0 Å². The van der Waals surface area contributed by atoms with Crippen LogP contribution in [0.3, 0.4) is 0 Å². The zero-order chi connectivity index (χ0) is 17.5. The zero-order valence-corrected chi connectivity index (χ0v) is 14.3. The Bertz CT molecular complexity index is 735. The van der Waals surface area contributed by atoms with E-state index in [-0.39, 0.29) is 28.8 Å². The number of nitrogens with zero attached hydrogens (tertiary/aromatic N) is 2. The van der Waals surface area contributed by atoms with Crippen molar-refractivity contribution in [3.05, 3.63) is 63.7 Å². The topological polar surface area (TPSA) is 84.0 Å². The summed E-state index contributed by atoms with van der Waals surface area (Å²) in [6.45, 7) is 4.33. The lowest BCUT2D eigenvalue weighted by Gasteiger charge is -2.21. The highest BCUT2D eigenvalue weighted by molar-refractivity contribution is 6.35. The van der Waals surface area contributed by atoms with Crippen molar-refractivity contribution in [3.8, 4) is 0 Å². The molecule has 0 spiro atoms. The normalized spacial score (nSPS) is 14.4. The molecular weight excluding hydrogens is 330 g/mol. The van der Waals surface area contributed by atoms with Crippen LogP contribution in [0.4, 0.5) is 0 Å². The van der Waals surface area contributed by atoms with E-state index in [9.17, 15) is 10.3 Å². The Kier molecular flexibility index (Phi) is 6.18. The van der Waals surface area contributed by atoms with Crippen LogP contribution in [-0.4, -0.2) is 29.6 Å². The number of nitrogens with one attached hydrogen (secondary N) is 1. The molecule has 7 heteroatoms. The van der Waals surface area contributed by atoms with E-state index < -0.39 is 0 Å². The summed E-state index contributed by atoms with van der Waals surface area (Å²) in [4.78, 5) is 15.6. The minimum Gasteiger partial charge on any atom is -0.495 e. The molecule has 1 amide bonds. The molecule has 1 aliphatic carbocycles. The molecule has 24 heavy (non-hydrogen) atoms. The second-order valence-corrected chi connectivity index (χ2v) is 5.23. The molecule has 0 heterocycles. The number of hydrogen-bond donors (Lipinski definition) is 1. The summed E-state index contributed by atoms with van der Waals surface area (Å²) in [7, 11) is 0. The fourth-order valence-electron chi connectivity index (χ4n) is 2.25. The Labute approximate surface area is 145 Å². The van der Waals surface area contributed by atoms with Crippen LogP contribution in [0.2, 0.25) is 0 Å². The molecule has 0 fully saturated rings. The van der Waals surface area contributed by atoms with E-state index in [1.54, 1.807) is 31.2 Å². The number of allylic oxidation sites excluding steroid dienone is 3. The molecule has 0 atom stereocenters. The molecule has 6 nitrogen and oxygen atoms in total. The van der Waals surface area contributed by atoms with Crippen LogP contribution in [0, 0.1) is 0 Å². The van der Waals surface area contributed by atoms with Crippen molar-refractivity contribution in [1.82, 2.24) is 5.32 Å².